The van der Waals surface area contributed by atoms with Gasteiger partial charge >= 0.3 is 16.2 Å². The number of piperidine rings is 1. The molecule has 0 aromatic rings. The number of carbonyl (C=O) groups excluding carboxylic acids is 1. The van der Waals surface area contributed by atoms with E-state index in [0.29, 0.717) is 6.54 Å². The number of rotatable bonds is 3. The molecule has 1 atom stereocenters. The summed E-state index contributed by atoms with van der Waals surface area (Å²) in [5.41, 5.74) is 0. The summed E-state index contributed by atoms with van der Waals surface area (Å²) in [4.78, 5) is 11.7. The molecule has 2 rings (SSSR count). The Bertz CT molecular complexity index is 418. The van der Waals surface area contributed by atoms with E-state index < -0.39 is 16.2 Å². The van der Waals surface area contributed by atoms with Crippen molar-refractivity contribution >= 4 is 16.2 Å². The van der Waals surface area contributed by atoms with Crippen LogP contribution in [0.15, 0.2) is 0 Å². The normalized spacial score (nSPS) is 26.3. The first-order valence-electron chi connectivity index (χ1n) is 7.09. The summed E-state index contributed by atoms with van der Waals surface area (Å²) in [7, 11) is -3.70. The Morgan fingerprint density at radius 1 is 1.11 bits per heavy atom. The van der Waals surface area contributed by atoms with Gasteiger partial charge in [0.15, 0.2) is 0 Å². The quantitative estimate of drug-likeness (QED) is 0.823. The van der Waals surface area contributed by atoms with Crippen LogP contribution >= 0.6 is 0 Å². The SMILES string of the molecule is CC1CCCCN1S(=O)(=O)NC(=O)NC1CCCC1. The maximum atomic E-state index is 12.1. The molecule has 1 unspecified atom stereocenters. The van der Waals surface area contributed by atoms with E-state index in [1.807, 2.05) is 6.92 Å². The molecule has 1 heterocycles. The molecule has 2 amide bonds. The second-order valence-corrected chi connectivity index (χ2v) is 7.14. The molecule has 0 aromatic heterocycles. The highest BCUT2D eigenvalue weighted by molar-refractivity contribution is 7.87. The molecule has 6 nitrogen and oxygen atoms in total. The summed E-state index contributed by atoms with van der Waals surface area (Å²) < 4.78 is 27.8. The van der Waals surface area contributed by atoms with Crippen LogP contribution in [0.5, 0.6) is 0 Å². The average Bonchev–Trinajstić information content (AvgIpc) is 2.81. The second-order valence-electron chi connectivity index (χ2n) is 5.52. The summed E-state index contributed by atoms with van der Waals surface area (Å²) in [6.45, 7) is 2.38. The fourth-order valence-electron chi connectivity index (χ4n) is 2.89. The monoisotopic (exact) mass is 289 g/mol. The van der Waals surface area contributed by atoms with Gasteiger partial charge < -0.3 is 5.32 Å². The summed E-state index contributed by atoms with van der Waals surface area (Å²) in [6, 6.07) is -0.510. The van der Waals surface area contributed by atoms with Gasteiger partial charge in [0.05, 0.1) is 0 Å². The third-order valence-corrected chi connectivity index (χ3v) is 5.57. The van der Waals surface area contributed by atoms with Gasteiger partial charge in [-0.3, -0.25) is 0 Å². The van der Waals surface area contributed by atoms with Crippen LogP contribution in [0.4, 0.5) is 4.79 Å². The summed E-state index contributed by atoms with van der Waals surface area (Å²) >= 11 is 0. The van der Waals surface area contributed by atoms with Crippen LogP contribution in [0.2, 0.25) is 0 Å². The predicted octanol–water partition coefficient (Wildman–Crippen LogP) is 1.35. The lowest BCUT2D eigenvalue weighted by atomic mass is 10.1. The molecule has 1 saturated carbocycles. The van der Waals surface area contributed by atoms with Crippen molar-refractivity contribution in [2.45, 2.75) is 64.0 Å². The number of nitrogens with zero attached hydrogens (tertiary/aromatic N) is 1. The zero-order valence-corrected chi connectivity index (χ0v) is 12.2. The van der Waals surface area contributed by atoms with Crippen LogP contribution in [0.25, 0.3) is 0 Å². The lowest BCUT2D eigenvalue weighted by molar-refractivity contribution is 0.237. The zero-order chi connectivity index (χ0) is 13.9. The Balaban J connectivity index is 1.90. The number of hydrogen-bond acceptors (Lipinski definition) is 3. The molecule has 0 radical (unpaired) electrons. The van der Waals surface area contributed by atoms with Crippen LogP contribution in [-0.4, -0.2) is 37.4 Å². The minimum absolute atomic E-state index is 0.0365. The average molecular weight is 289 g/mol. The van der Waals surface area contributed by atoms with Crippen molar-refractivity contribution < 1.29 is 13.2 Å². The molecular weight excluding hydrogens is 266 g/mol. The molecule has 2 N–H and O–H groups in total. The third kappa shape index (κ3) is 3.82. The molecule has 1 aliphatic carbocycles. The highest BCUT2D eigenvalue weighted by Crippen LogP contribution is 2.19. The first kappa shape index (κ1) is 14.6. The molecule has 1 aliphatic heterocycles. The number of hydrogen-bond donors (Lipinski definition) is 2. The van der Waals surface area contributed by atoms with E-state index >= 15 is 0 Å². The summed E-state index contributed by atoms with van der Waals surface area (Å²) in [5, 5.41) is 2.73. The van der Waals surface area contributed by atoms with Gasteiger partial charge in [-0.05, 0) is 32.6 Å². The van der Waals surface area contributed by atoms with E-state index in [2.05, 4.69) is 10.0 Å². The lowest BCUT2D eigenvalue weighted by Gasteiger charge is -2.32. The van der Waals surface area contributed by atoms with E-state index in [1.165, 1.54) is 4.31 Å². The molecule has 7 heteroatoms. The number of nitrogens with one attached hydrogen (secondary N) is 2. The second kappa shape index (κ2) is 6.09. The fraction of sp³-hybridized carbons (Fsp3) is 0.917. The van der Waals surface area contributed by atoms with E-state index in [4.69, 9.17) is 0 Å². The van der Waals surface area contributed by atoms with Crippen molar-refractivity contribution in [3.05, 3.63) is 0 Å². The van der Waals surface area contributed by atoms with E-state index in [-0.39, 0.29) is 12.1 Å². The van der Waals surface area contributed by atoms with Crippen LogP contribution in [-0.2, 0) is 10.2 Å². The van der Waals surface area contributed by atoms with Gasteiger partial charge in [0.1, 0.15) is 0 Å². The smallest absolute Gasteiger partial charge is 0.329 e. The minimum atomic E-state index is -3.70. The maximum Gasteiger partial charge on any atom is 0.329 e. The first-order valence-corrected chi connectivity index (χ1v) is 8.53. The molecule has 0 spiro atoms. The number of amides is 2. The van der Waals surface area contributed by atoms with Crippen LogP contribution < -0.4 is 10.0 Å². The number of urea groups is 1. The van der Waals surface area contributed by atoms with Gasteiger partial charge in [-0.15, -0.1) is 0 Å². The molecule has 110 valence electrons. The first-order chi connectivity index (χ1) is 8.99. The summed E-state index contributed by atoms with van der Waals surface area (Å²) in [6.07, 6.45) is 6.82. The Morgan fingerprint density at radius 2 is 1.74 bits per heavy atom. The van der Waals surface area contributed by atoms with Crippen molar-refractivity contribution in [3.63, 3.8) is 0 Å². The van der Waals surface area contributed by atoms with Crippen LogP contribution in [0, 0.1) is 0 Å². The summed E-state index contributed by atoms with van der Waals surface area (Å²) in [5.74, 6) is 0. The Hall–Kier alpha value is -0.820. The maximum absolute atomic E-state index is 12.1. The van der Waals surface area contributed by atoms with Crippen molar-refractivity contribution in [3.8, 4) is 0 Å². The van der Waals surface area contributed by atoms with Crippen LogP contribution in [0.1, 0.15) is 51.9 Å². The molecule has 1 saturated heterocycles. The minimum Gasteiger partial charge on any atom is -0.335 e. The molecule has 2 fully saturated rings. The molecule has 19 heavy (non-hydrogen) atoms. The van der Waals surface area contributed by atoms with E-state index in [0.717, 1.165) is 44.9 Å². The van der Waals surface area contributed by atoms with Gasteiger partial charge in [-0.25, -0.2) is 9.52 Å². The molecule has 0 bridgehead atoms. The van der Waals surface area contributed by atoms with E-state index in [1.54, 1.807) is 0 Å². The Kier molecular flexibility index (Phi) is 4.67. The van der Waals surface area contributed by atoms with E-state index in [9.17, 15) is 13.2 Å². The standard InChI is InChI=1S/C12H23N3O3S/c1-10-6-4-5-9-15(10)19(17,18)14-12(16)13-11-7-2-3-8-11/h10-11H,2-9H2,1H3,(H2,13,14,16). The Morgan fingerprint density at radius 3 is 2.37 bits per heavy atom. The zero-order valence-electron chi connectivity index (χ0n) is 11.4. The fourth-order valence-corrected chi connectivity index (χ4v) is 4.25. The Labute approximate surface area is 115 Å². The predicted molar refractivity (Wildman–Crippen MR) is 72.9 cm³/mol. The highest BCUT2D eigenvalue weighted by atomic mass is 32.2. The van der Waals surface area contributed by atoms with Gasteiger partial charge in [0, 0.05) is 18.6 Å². The van der Waals surface area contributed by atoms with Crippen molar-refractivity contribution in [1.82, 2.24) is 14.3 Å². The van der Waals surface area contributed by atoms with Gasteiger partial charge in [-0.2, -0.15) is 12.7 Å². The third-order valence-electron chi connectivity index (χ3n) is 3.96. The highest BCUT2D eigenvalue weighted by Gasteiger charge is 2.31. The molecular formula is C12H23N3O3S. The van der Waals surface area contributed by atoms with Gasteiger partial charge in [0.25, 0.3) is 0 Å². The lowest BCUT2D eigenvalue weighted by Crippen LogP contribution is -2.52. The van der Waals surface area contributed by atoms with Gasteiger partial charge in [-0.1, -0.05) is 19.3 Å². The number of carbonyl (C=O) groups is 1. The topological polar surface area (TPSA) is 78.5 Å². The van der Waals surface area contributed by atoms with Crippen LogP contribution in [0.3, 0.4) is 0 Å². The molecule has 2 aliphatic rings. The largest absolute Gasteiger partial charge is 0.335 e. The molecule has 0 aromatic carbocycles. The van der Waals surface area contributed by atoms with Crippen molar-refractivity contribution in [2.24, 2.45) is 0 Å². The van der Waals surface area contributed by atoms with Crippen molar-refractivity contribution in [2.75, 3.05) is 6.54 Å². The van der Waals surface area contributed by atoms with Gasteiger partial charge in [0.2, 0.25) is 0 Å². The van der Waals surface area contributed by atoms with Crippen molar-refractivity contribution in [1.29, 1.82) is 0 Å².